The minimum atomic E-state index is 0.0430. The summed E-state index contributed by atoms with van der Waals surface area (Å²) in [6, 6.07) is 7.02. The number of nitrogens with one attached hydrogen (secondary N) is 1. The number of phenols is 1. The molecule has 1 aromatic heterocycles. The lowest BCUT2D eigenvalue weighted by molar-refractivity contribution is 0.469. The van der Waals surface area contributed by atoms with E-state index in [1.54, 1.807) is 12.3 Å². The molecule has 1 heterocycles. The fraction of sp³-hybridized carbons (Fsp3) is 0.214. The molecular formula is C14H15Cl2N3O. The first-order valence-electron chi connectivity index (χ1n) is 6.01. The van der Waals surface area contributed by atoms with Crippen LogP contribution in [0.1, 0.15) is 5.56 Å². The molecule has 6 heteroatoms. The first-order valence-corrected chi connectivity index (χ1v) is 6.77. The molecule has 0 aliphatic rings. The van der Waals surface area contributed by atoms with Crippen LogP contribution in [0.3, 0.4) is 0 Å². The van der Waals surface area contributed by atoms with E-state index >= 15 is 0 Å². The second kappa shape index (κ2) is 6.20. The summed E-state index contributed by atoms with van der Waals surface area (Å²) >= 11 is 11.8. The summed E-state index contributed by atoms with van der Waals surface area (Å²) < 4.78 is 0. The molecule has 0 saturated heterocycles. The highest BCUT2D eigenvalue weighted by atomic mass is 35.5. The first kappa shape index (κ1) is 14.8. The minimum Gasteiger partial charge on any atom is -0.506 e. The summed E-state index contributed by atoms with van der Waals surface area (Å²) in [6.45, 7) is 0.412. The number of nitrogens with zero attached hydrogens (tertiary/aromatic N) is 2. The van der Waals surface area contributed by atoms with Crippen molar-refractivity contribution in [2.24, 2.45) is 0 Å². The van der Waals surface area contributed by atoms with Crippen molar-refractivity contribution in [2.75, 3.05) is 24.3 Å². The number of aromatic hydroxyl groups is 1. The number of benzene rings is 1. The van der Waals surface area contributed by atoms with Crippen LogP contribution in [0.2, 0.25) is 10.0 Å². The van der Waals surface area contributed by atoms with Gasteiger partial charge in [-0.15, -0.1) is 0 Å². The number of rotatable bonds is 4. The van der Waals surface area contributed by atoms with Crippen molar-refractivity contribution in [3.05, 3.63) is 46.1 Å². The number of phenolic OH excluding ortho intramolecular Hbond substituents is 1. The lowest BCUT2D eigenvalue weighted by Crippen LogP contribution is -2.10. The van der Waals surface area contributed by atoms with Crippen molar-refractivity contribution in [3.63, 3.8) is 0 Å². The minimum absolute atomic E-state index is 0.0430. The summed E-state index contributed by atoms with van der Waals surface area (Å²) in [7, 11) is 3.86. The maximum atomic E-state index is 9.86. The fourth-order valence-electron chi connectivity index (χ4n) is 1.71. The van der Waals surface area contributed by atoms with Gasteiger partial charge in [0.2, 0.25) is 0 Å². The Morgan fingerprint density at radius 1 is 1.25 bits per heavy atom. The van der Waals surface area contributed by atoms with Crippen LogP contribution in [0.4, 0.5) is 11.5 Å². The molecule has 0 fully saturated rings. The molecule has 0 spiro atoms. The van der Waals surface area contributed by atoms with E-state index < -0.39 is 0 Å². The summed E-state index contributed by atoms with van der Waals surface area (Å²) in [6.07, 6.45) is 1.73. The predicted molar refractivity (Wildman–Crippen MR) is 84.0 cm³/mol. The highest BCUT2D eigenvalue weighted by Crippen LogP contribution is 2.31. The zero-order valence-electron chi connectivity index (χ0n) is 11.2. The van der Waals surface area contributed by atoms with Crippen molar-refractivity contribution >= 4 is 34.7 Å². The van der Waals surface area contributed by atoms with Crippen LogP contribution >= 0.6 is 23.2 Å². The highest BCUT2D eigenvalue weighted by Gasteiger charge is 2.08. The van der Waals surface area contributed by atoms with Crippen LogP contribution in [0.15, 0.2) is 30.5 Å². The zero-order valence-corrected chi connectivity index (χ0v) is 12.7. The van der Waals surface area contributed by atoms with E-state index in [-0.39, 0.29) is 10.8 Å². The summed E-state index contributed by atoms with van der Waals surface area (Å²) in [4.78, 5) is 6.22. The van der Waals surface area contributed by atoms with Crippen LogP contribution in [0.25, 0.3) is 0 Å². The third-order valence-corrected chi connectivity index (χ3v) is 3.30. The molecule has 1 aromatic carbocycles. The van der Waals surface area contributed by atoms with Gasteiger partial charge in [0.25, 0.3) is 0 Å². The largest absolute Gasteiger partial charge is 0.506 e. The Labute approximate surface area is 128 Å². The van der Waals surface area contributed by atoms with Crippen molar-refractivity contribution in [1.82, 2.24) is 4.98 Å². The second-order valence-corrected chi connectivity index (χ2v) is 5.39. The first-order chi connectivity index (χ1) is 9.47. The molecule has 106 valence electrons. The molecule has 0 radical (unpaired) electrons. The lowest BCUT2D eigenvalue weighted by Gasteiger charge is -2.13. The zero-order chi connectivity index (χ0) is 14.7. The van der Waals surface area contributed by atoms with Gasteiger partial charge in [0.15, 0.2) is 0 Å². The Morgan fingerprint density at radius 2 is 2.00 bits per heavy atom. The van der Waals surface area contributed by atoms with Gasteiger partial charge in [-0.3, -0.25) is 0 Å². The molecule has 0 aliphatic carbocycles. The molecule has 20 heavy (non-hydrogen) atoms. The average Bonchev–Trinajstić information content (AvgIpc) is 2.41. The van der Waals surface area contributed by atoms with Crippen LogP contribution in [-0.2, 0) is 6.54 Å². The van der Waals surface area contributed by atoms with Crippen LogP contribution in [-0.4, -0.2) is 24.2 Å². The summed E-state index contributed by atoms with van der Waals surface area (Å²) in [5.74, 6) is 0.922. The van der Waals surface area contributed by atoms with Crippen LogP contribution < -0.4 is 10.2 Å². The van der Waals surface area contributed by atoms with Gasteiger partial charge in [0, 0.05) is 31.2 Å². The normalized spacial score (nSPS) is 10.4. The average molecular weight is 312 g/mol. The van der Waals surface area contributed by atoms with Gasteiger partial charge in [0.05, 0.1) is 16.9 Å². The molecule has 0 aliphatic heterocycles. The molecule has 0 atom stereocenters. The molecule has 2 N–H and O–H groups in total. The maximum absolute atomic E-state index is 9.86. The number of hydrogen-bond donors (Lipinski definition) is 2. The Hall–Kier alpha value is -1.65. The molecule has 0 unspecified atom stereocenters. The van der Waals surface area contributed by atoms with E-state index in [4.69, 9.17) is 23.2 Å². The van der Waals surface area contributed by atoms with Crippen molar-refractivity contribution in [1.29, 1.82) is 0 Å². The Kier molecular flexibility index (Phi) is 4.57. The Balaban J connectivity index is 2.09. The number of aromatic nitrogens is 1. The molecule has 0 bridgehead atoms. The standard InChI is InChI=1S/C14H15Cl2N3O/c1-19(2)13-4-3-11(8-18-13)17-7-9-5-10(15)6-12(16)14(9)20/h3-6,8,17,20H,7H2,1-2H3. The third kappa shape index (κ3) is 3.46. The van der Waals surface area contributed by atoms with Gasteiger partial charge in [0.1, 0.15) is 11.6 Å². The Morgan fingerprint density at radius 3 is 2.60 bits per heavy atom. The Bertz CT molecular complexity index is 600. The van der Waals surface area contributed by atoms with E-state index in [0.29, 0.717) is 17.1 Å². The SMILES string of the molecule is CN(C)c1ccc(NCc2cc(Cl)cc(Cl)c2O)cn1. The van der Waals surface area contributed by atoms with Gasteiger partial charge in [-0.2, -0.15) is 0 Å². The number of halogens is 2. The van der Waals surface area contributed by atoms with Gasteiger partial charge in [-0.1, -0.05) is 23.2 Å². The van der Waals surface area contributed by atoms with Crippen molar-refractivity contribution in [3.8, 4) is 5.75 Å². The van der Waals surface area contributed by atoms with E-state index in [1.165, 1.54) is 6.07 Å². The van der Waals surface area contributed by atoms with E-state index in [0.717, 1.165) is 11.5 Å². The predicted octanol–water partition coefficient (Wildman–Crippen LogP) is 3.77. The van der Waals surface area contributed by atoms with E-state index in [9.17, 15) is 5.11 Å². The quantitative estimate of drug-likeness (QED) is 0.902. The van der Waals surface area contributed by atoms with Crippen LogP contribution in [0.5, 0.6) is 5.75 Å². The smallest absolute Gasteiger partial charge is 0.139 e. The highest BCUT2D eigenvalue weighted by molar-refractivity contribution is 6.35. The topological polar surface area (TPSA) is 48.4 Å². The lowest BCUT2D eigenvalue weighted by atomic mass is 10.2. The number of hydrogen-bond acceptors (Lipinski definition) is 4. The van der Waals surface area contributed by atoms with Crippen molar-refractivity contribution < 1.29 is 5.11 Å². The van der Waals surface area contributed by atoms with Crippen LogP contribution in [0, 0.1) is 0 Å². The maximum Gasteiger partial charge on any atom is 0.139 e. The van der Waals surface area contributed by atoms with Gasteiger partial charge < -0.3 is 15.3 Å². The van der Waals surface area contributed by atoms with E-state index in [1.807, 2.05) is 31.1 Å². The molecule has 2 aromatic rings. The monoisotopic (exact) mass is 311 g/mol. The number of anilines is 2. The summed E-state index contributed by atoms with van der Waals surface area (Å²) in [5, 5.41) is 13.8. The molecule has 0 saturated carbocycles. The molecule has 2 rings (SSSR count). The third-order valence-electron chi connectivity index (χ3n) is 2.80. The number of pyridine rings is 1. The second-order valence-electron chi connectivity index (χ2n) is 4.55. The molecule has 0 amide bonds. The molecular weight excluding hydrogens is 297 g/mol. The van der Waals surface area contributed by atoms with Crippen molar-refractivity contribution in [2.45, 2.75) is 6.54 Å². The summed E-state index contributed by atoms with van der Waals surface area (Å²) in [5.41, 5.74) is 1.49. The molecule has 4 nitrogen and oxygen atoms in total. The van der Waals surface area contributed by atoms with Gasteiger partial charge >= 0.3 is 0 Å². The van der Waals surface area contributed by atoms with Gasteiger partial charge in [-0.25, -0.2) is 4.98 Å². The van der Waals surface area contributed by atoms with Gasteiger partial charge in [-0.05, 0) is 24.3 Å². The van der Waals surface area contributed by atoms with E-state index in [2.05, 4.69) is 10.3 Å². The fourth-order valence-corrected chi connectivity index (χ4v) is 2.24.